The average Bonchev–Trinajstić information content (AvgIpc) is 3.12. The van der Waals surface area contributed by atoms with Gasteiger partial charge in [0.25, 0.3) is 0 Å². The maximum atomic E-state index is 13.2. The Balaban J connectivity index is 1.94. The maximum Gasteiger partial charge on any atom is 0.416 e. The quantitative estimate of drug-likeness (QED) is 0.503. The molecule has 0 saturated carbocycles. The number of fused-ring (bicyclic) bond motifs is 1. The molecule has 30 heavy (non-hydrogen) atoms. The summed E-state index contributed by atoms with van der Waals surface area (Å²) in [5.41, 5.74) is 1.22. The largest absolute Gasteiger partial charge is 0.480 e. The molecule has 10 heteroatoms. The fraction of sp³-hybridized carbons (Fsp3) is 0.200. The monoisotopic (exact) mass is 414 g/mol. The summed E-state index contributed by atoms with van der Waals surface area (Å²) in [6.07, 6.45) is -2.80. The smallest absolute Gasteiger partial charge is 0.416 e. The van der Waals surface area contributed by atoms with E-state index < -0.39 is 11.7 Å². The third kappa shape index (κ3) is 3.51. The highest BCUT2D eigenvalue weighted by Crippen LogP contribution is 2.34. The van der Waals surface area contributed by atoms with Crippen molar-refractivity contribution in [2.45, 2.75) is 6.18 Å². The predicted molar refractivity (Wildman–Crippen MR) is 106 cm³/mol. The molecule has 0 N–H and O–H groups in total. The first-order valence-electron chi connectivity index (χ1n) is 8.89. The second-order valence-electron chi connectivity index (χ2n) is 6.70. The number of benzene rings is 1. The Hall–Kier alpha value is -3.69. The molecule has 0 unspecified atom stereocenters. The molecule has 4 aromatic rings. The lowest BCUT2D eigenvalue weighted by Crippen LogP contribution is -2.09. The van der Waals surface area contributed by atoms with Crippen molar-refractivity contribution in [1.29, 1.82) is 0 Å². The summed E-state index contributed by atoms with van der Waals surface area (Å²) in [4.78, 5) is 10.8. The molecule has 0 aliphatic rings. The van der Waals surface area contributed by atoms with Gasteiger partial charge in [0, 0.05) is 20.2 Å². The molecular formula is C20H17F3N6O. The maximum absolute atomic E-state index is 13.2. The Bertz CT molecular complexity index is 1180. The van der Waals surface area contributed by atoms with Crippen molar-refractivity contribution in [3.8, 4) is 23.2 Å². The molecule has 0 amide bonds. The standard InChI is InChI=1S/C20H17F3N6O/c1-28(2)13-5-6-14(24-11-13)19-25-15-10-12(20(21,22)23)4-7-16(15)29(19)17-8-9-18(30-3)27-26-17/h4-11H,1-3H3. The molecule has 0 aliphatic heterocycles. The normalized spacial score (nSPS) is 11.7. The summed E-state index contributed by atoms with van der Waals surface area (Å²) in [5.74, 6) is 1.05. The van der Waals surface area contributed by atoms with Gasteiger partial charge >= 0.3 is 6.18 Å². The van der Waals surface area contributed by atoms with Crippen LogP contribution in [0.5, 0.6) is 5.88 Å². The molecule has 0 spiro atoms. The first-order valence-corrected chi connectivity index (χ1v) is 8.89. The zero-order chi connectivity index (χ0) is 21.5. The van der Waals surface area contributed by atoms with Gasteiger partial charge in [-0.25, -0.2) is 4.98 Å². The molecule has 0 radical (unpaired) electrons. The van der Waals surface area contributed by atoms with Crippen molar-refractivity contribution in [1.82, 2.24) is 24.7 Å². The zero-order valence-corrected chi connectivity index (χ0v) is 16.3. The molecule has 4 rings (SSSR count). The van der Waals surface area contributed by atoms with Gasteiger partial charge in [0.2, 0.25) is 5.88 Å². The van der Waals surface area contributed by atoms with E-state index in [0.717, 1.165) is 17.8 Å². The van der Waals surface area contributed by atoms with Gasteiger partial charge in [-0.15, -0.1) is 10.2 Å². The van der Waals surface area contributed by atoms with E-state index in [4.69, 9.17) is 4.74 Å². The number of nitrogens with zero attached hydrogens (tertiary/aromatic N) is 6. The van der Waals surface area contributed by atoms with Crippen LogP contribution in [0.15, 0.2) is 48.7 Å². The highest BCUT2D eigenvalue weighted by molar-refractivity contribution is 5.83. The predicted octanol–water partition coefficient (Wildman–Crippen LogP) is 3.97. The summed E-state index contributed by atoms with van der Waals surface area (Å²) in [7, 11) is 5.24. The van der Waals surface area contributed by atoms with E-state index >= 15 is 0 Å². The number of aromatic nitrogens is 5. The molecule has 1 aromatic carbocycles. The number of anilines is 1. The minimum atomic E-state index is -4.47. The molecule has 0 fully saturated rings. The van der Waals surface area contributed by atoms with E-state index in [1.165, 1.54) is 13.2 Å². The van der Waals surface area contributed by atoms with Crippen LogP contribution in [-0.4, -0.2) is 45.9 Å². The topological polar surface area (TPSA) is 69.0 Å². The summed E-state index contributed by atoms with van der Waals surface area (Å²) < 4.78 is 46.2. The van der Waals surface area contributed by atoms with Crippen molar-refractivity contribution in [2.24, 2.45) is 0 Å². The Morgan fingerprint density at radius 2 is 1.80 bits per heavy atom. The van der Waals surface area contributed by atoms with Gasteiger partial charge in [-0.1, -0.05) is 0 Å². The molecule has 0 aliphatic carbocycles. The second kappa shape index (κ2) is 7.29. The van der Waals surface area contributed by atoms with Crippen LogP contribution >= 0.6 is 0 Å². The molecule has 154 valence electrons. The van der Waals surface area contributed by atoms with E-state index in [0.29, 0.717) is 28.7 Å². The minimum absolute atomic E-state index is 0.177. The number of methoxy groups -OCH3 is 1. The van der Waals surface area contributed by atoms with Crippen LogP contribution in [-0.2, 0) is 6.18 Å². The SMILES string of the molecule is COc1ccc(-n2c(-c3ccc(N(C)C)cn3)nc3cc(C(F)(F)F)ccc32)nn1. The lowest BCUT2D eigenvalue weighted by molar-refractivity contribution is -0.137. The molecule has 3 aromatic heterocycles. The van der Waals surface area contributed by atoms with Crippen LogP contribution in [0.25, 0.3) is 28.4 Å². The van der Waals surface area contributed by atoms with Gasteiger partial charge in [-0.3, -0.25) is 9.55 Å². The van der Waals surface area contributed by atoms with Gasteiger partial charge in [-0.05, 0) is 36.4 Å². The van der Waals surface area contributed by atoms with Crippen molar-refractivity contribution in [3.63, 3.8) is 0 Å². The van der Waals surface area contributed by atoms with Crippen LogP contribution in [0.2, 0.25) is 0 Å². The van der Waals surface area contributed by atoms with E-state index in [9.17, 15) is 13.2 Å². The number of imidazole rings is 1. The molecular weight excluding hydrogens is 397 g/mol. The number of pyridine rings is 1. The fourth-order valence-electron chi connectivity index (χ4n) is 2.98. The summed E-state index contributed by atoms with van der Waals surface area (Å²) in [5, 5.41) is 8.10. The van der Waals surface area contributed by atoms with Crippen molar-refractivity contribution in [3.05, 3.63) is 54.2 Å². The lowest BCUT2D eigenvalue weighted by Gasteiger charge is -2.12. The summed E-state index contributed by atoms with van der Waals surface area (Å²) in [6, 6.07) is 10.3. The third-order valence-corrected chi connectivity index (χ3v) is 4.54. The van der Waals surface area contributed by atoms with E-state index in [1.54, 1.807) is 29.0 Å². The van der Waals surface area contributed by atoms with E-state index in [2.05, 4.69) is 20.2 Å². The Labute approximate surface area is 169 Å². The summed E-state index contributed by atoms with van der Waals surface area (Å²) in [6.45, 7) is 0. The van der Waals surface area contributed by atoms with Gasteiger partial charge < -0.3 is 9.64 Å². The number of halogens is 3. The highest BCUT2D eigenvalue weighted by Gasteiger charge is 2.31. The first kappa shape index (κ1) is 19.6. The van der Waals surface area contributed by atoms with Crippen LogP contribution in [0.4, 0.5) is 18.9 Å². The Morgan fingerprint density at radius 1 is 1.00 bits per heavy atom. The molecule has 3 heterocycles. The van der Waals surface area contributed by atoms with Crippen molar-refractivity contribution in [2.75, 3.05) is 26.1 Å². The van der Waals surface area contributed by atoms with E-state index in [-0.39, 0.29) is 5.52 Å². The fourth-order valence-corrected chi connectivity index (χ4v) is 2.98. The number of rotatable bonds is 4. The van der Waals surface area contributed by atoms with Crippen LogP contribution in [0.1, 0.15) is 5.56 Å². The van der Waals surface area contributed by atoms with Crippen LogP contribution < -0.4 is 9.64 Å². The van der Waals surface area contributed by atoms with Gasteiger partial charge in [0.1, 0.15) is 5.69 Å². The van der Waals surface area contributed by atoms with Crippen molar-refractivity contribution >= 4 is 16.7 Å². The Morgan fingerprint density at radius 3 is 2.37 bits per heavy atom. The Kier molecular flexibility index (Phi) is 4.76. The molecule has 0 saturated heterocycles. The third-order valence-electron chi connectivity index (χ3n) is 4.54. The minimum Gasteiger partial charge on any atom is -0.480 e. The van der Waals surface area contributed by atoms with Crippen LogP contribution in [0, 0.1) is 0 Å². The molecule has 7 nitrogen and oxygen atoms in total. The highest BCUT2D eigenvalue weighted by atomic mass is 19.4. The van der Waals surface area contributed by atoms with Crippen molar-refractivity contribution < 1.29 is 17.9 Å². The number of ether oxygens (including phenoxy) is 1. The molecule has 0 atom stereocenters. The second-order valence-corrected chi connectivity index (χ2v) is 6.70. The number of hydrogen-bond acceptors (Lipinski definition) is 6. The average molecular weight is 414 g/mol. The molecule has 0 bridgehead atoms. The van der Waals surface area contributed by atoms with Gasteiger partial charge in [-0.2, -0.15) is 13.2 Å². The van der Waals surface area contributed by atoms with Crippen LogP contribution in [0.3, 0.4) is 0 Å². The number of hydrogen-bond donors (Lipinski definition) is 0. The lowest BCUT2D eigenvalue weighted by atomic mass is 10.2. The first-order chi connectivity index (χ1) is 14.3. The van der Waals surface area contributed by atoms with E-state index in [1.807, 2.05) is 25.1 Å². The summed E-state index contributed by atoms with van der Waals surface area (Å²) >= 11 is 0. The zero-order valence-electron chi connectivity index (χ0n) is 16.3. The van der Waals surface area contributed by atoms with Gasteiger partial charge in [0.05, 0.1) is 35.6 Å². The number of alkyl halides is 3. The van der Waals surface area contributed by atoms with Gasteiger partial charge in [0.15, 0.2) is 11.6 Å².